The molecular weight excluding hydrogens is 372 g/mol. The average Bonchev–Trinajstić information content (AvgIpc) is 2.74. The van der Waals surface area contributed by atoms with E-state index in [0.29, 0.717) is 43.9 Å². The van der Waals surface area contributed by atoms with Crippen LogP contribution in [0.3, 0.4) is 0 Å². The first-order valence-electron chi connectivity index (χ1n) is 9.68. The van der Waals surface area contributed by atoms with Crippen LogP contribution >= 0.6 is 0 Å². The number of piperidine rings is 1. The Morgan fingerprint density at radius 1 is 1.21 bits per heavy atom. The van der Waals surface area contributed by atoms with Crippen LogP contribution in [0, 0.1) is 0 Å². The second-order valence-corrected chi connectivity index (χ2v) is 6.72. The quantitative estimate of drug-likeness (QED) is 0.776. The highest BCUT2D eigenvalue weighted by Crippen LogP contribution is 2.21. The highest BCUT2D eigenvalue weighted by molar-refractivity contribution is 5.95. The van der Waals surface area contributed by atoms with Gasteiger partial charge in [-0.2, -0.15) is 0 Å². The molecule has 3 rings (SSSR count). The Bertz CT molecular complexity index is 850. The smallest absolute Gasteiger partial charge is 0.409 e. The van der Waals surface area contributed by atoms with Gasteiger partial charge in [0.15, 0.2) is 0 Å². The number of carbonyl (C=O) groups excluding carboxylic acids is 2. The number of rotatable bonds is 6. The molecule has 0 radical (unpaired) electrons. The molecule has 0 bridgehead atoms. The van der Waals surface area contributed by atoms with Crippen LogP contribution in [0.1, 0.15) is 30.1 Å². The van der Waals surface area contributed by atoms with E-state index in [-0.39, 0.29) is 18.0 Å². The second-order valence-electron chi connectivity index (χ2n) is 6.72. The van der Waals surface area contributed by atoms with E-state index in [1.807, 2.05) is 24.3 Å². The zero-order chi connectivity index (χ0) is 20.6. The Balaban J connectivity index is 1.56. The topological polar surface area (TPSA) is 92.8 Å². The molecule has 8 heteroatoms. The molecule has 1 saturated heterocycles. The first kappa shape index (κ1) is 20.4. The number of pyridine rings is 1. The molecular formula is C21H26N4O4. The number of likely N-dealkylation sites (tertiary alicyclic amines) is 1. The van der Waals surface area contributed by atoms with Gasteiger partial charge in [0.05, 0.1) is 13.7 Å². The van der Waals surface area contributed by atoms with Crippen molar-refractivity contribution in [3.63, 3.8) is 0 Å². The van der Waals surface area contributed by atoms with Gasteiger partial charge >= 0.3 is 6.09 Å². The molecule has 2 aromatic rings. The SMILES string of the molecule is CCOC(=O)N1CCC(NC(=O)c2ccnc(Nc3cccc(OC)c3)c2)CC1. The number of nitrogens with zero attached hydrogens (tertiary/aromatic N) is 2. The van der Waals surface area contributed by atoms with Gasteiger partial charge in [0.25, 0.3) is 5.91 Å². The second kappa shape index (κ2) is 9.77. The van der Waals surface area contributed by atoms with Crippen molar-refractivity contribution in [2.24, 2.45) is 0 Å². The van der Waals surface area contributed by atoms with E-state index >= 15 is 0 Å². The van der Waals surface area contributed by atoms with Crippen molar-refractivity contribution in [1.29, 1.82) is 0 Å². The van der Waals surface area contributed by atoms with Crippen LogP contribution in [0.4, 0.5) is 16.3 Å². The molecule has 0 atom stereocenters. The van der Waals surface area contributed by atoms with Crippen molar-refractivity contribution in [2.45, 2.75) is 25.8 Å². The maximum absolute atomic E-state index is 12.6. The summed E-state index contributed by atoms with van der Waals surface area (Å²) in [4.78, 5) is 30.4. The predicted octanol–water partition coefficient (Wildman–Crippen LogP) is 3.18. The van der Waals surface area contributed by atoms with Crippen LogP contribution < -0.4 is 15.4 Å². The van der Waals surface area contributed by atoms with Crippen LogP contribution in [0.15, 0.2) is 42.6 Å². The van der Waals surface area contributed by atoms with E-state index in [1.165, 1.54) is 0 Å². The zero-order valence-electron chi connectivity index (χ0n) is 16.7. The lowest BCUT2D eigenvalue weighted by Gasteiger charge is -2.31. The Labute approximate surface area is 170 Å². The summed E-state index contributed by atoms with van der Waals surface area (Å²) >= 11 is 0. The van der Waals surface area contributed by atoms with Gasteiger partial charge < -0.3 is 25.0 Å². The van der Waals surface area contributed by atoms with Gasteiger partial charge in [0.1, 0.15) is 11.6 Å². The Hall–Kier alpha value is -3.29. The van der Waals surface area contributed by atoms with Crippen LogP contribution in [0.25, 0.3) is 0 Å². The molecule has 2 heterocycles. The number of ether oxygens (including phenoxy) is 2. The summed E-state index contributed by atoms with van der Waals surface area (Å²) in [5.41, 5.74) is 1.35. The molecule has 0 spiro atoms. The third-order valence-corrected chi connectivity index (χ3v) is 4.72. The van der Waals surface area contributed by atoms with E-state index in [4.69, 9.17) is 9.47 Å². The van der Waals surface area contributed by atoms with Crippen molar-refractivity contribution >= 4 is 23.5 Å². The number of carbonyl (C=O) groups is 2. The van der Waals surface area contributed by atoms with Crippen molar-refractivity contribution in [3.8, 4) is 5.75 Å². The van der Waals surface area contributed by atoms with Crippen molar-refractivity contribution in [1.82, 2.24) is 15.2 Å². The van der Waals surface area contributed by atoms with Gasteiger partial charge in [-0.15, -0.1) is 0 Å². The van der Waals surface area contributed by atoms with Gasteiger partial charge in [-0.1, -0.05) is 6.07 Å². The molecule has 29 heavy (non-hydrogen) atoms. The minimum atomic E-state index is -0.292. The van der Waals surface area contributed by atoms with Crippen molar-refractivity contribution in [2.75, 3.05) is 32.1 Å². The van der Waals surface area contributed by atoms with Gasteiger partial charge in [0.2, 0.25) is 0 Å². The number of methoxy groups -OCH3 is 1. The summed E-state index contributed by atoms with van der Waals surface area (Å²) in [6.07, 6.45) is 2.70. The Kier molecular flexibility index (Phi) is 6.89. The van der Waals surface area contributed by atoms with Crippen molar-refractivity contribution < 1.29 is 19.1 Å². The minimum Gasteiger partial charge on any atom is -0.497 e. The Morgan fingerprint density at radius 2 is 2.00 bits per heavy atom. The molecule has 1 aromatic carbocycles. The molecule has 0 saturated carbocycles. The maximum atomic E-state index is 12.6. The lowest BCUT2D eigenvalue weighted by Crippen LogP contribution is -2.46. The monoisotopic (exact) mass is 398 g/mol. The zero-order valence-corrected chi connectivity index (χ0v) is 16.7. The number of amides is 2. The normalized spacial score (nSPS) is 14.2. The van der Waals surface area contributed by atoms with Crippen LogP contribution in [0.5, 0.6) is 5.75 Å². The summed E-state index contributed by atoms with van der Waals surface area (Å²) in [6.45, 7) is 3.30. The third-order valence-electron chi connectivity index (χ3n) is 4.72. The van der Waals surface area contributed by atoms with Gasteiger partial charge in [-0.05, 0) is 44.0 Å². The minimum absolute atomic E-state index is 0.0242. The molecule has 0 unspecified atom stereocenters. The molecule has 1 fully saturated rings. The van der Waals surface area contributed by atoms with E-state index < -0.39 is 0 Å². The fourth-order valence-corrected chi connectivity index (χ4v) is 3.18. The van der Waals surface area contributed by atoms with E-state index in [9.17, 15) is 9.59 Å². The standard InChI is InChI=1S/C21H26N4O4/c1-3-29-21(27)25-11-8-16(9-12-25)24-20(26)15-7-10-22-19(13-15)23-17-5-4-6-18(14-17)28-2/h4-7,10,13-14,16H,3,8-9,11-12H2,1-2H3,(H,22,23)(H,24,26). The average molecular weight is 398 g/mol. The highest BCUT2D eigenvalue weighted by Gasteiger charge is 2.24. The lowest BCUT2D eigenvalue weighted by atomic mass is 10.0. The third kappa shape index (κ3) is 5.60. The first-order valence-corrected chi connectivity index (χ1v) is 9.68. The number of benzene rings is 1. The molecule has 1 aliphatic heterocycles. The number of aromatic nitrogens is 1. The first-order chi connectivity index (χ1) is 14.1. The Morgan fingerprint density at radius 3 is 2.72 bits per heavy atom. The van der Waals surface area contributed by atoms with E-state index in [2.05, 4.69) is 15.6 Å². The summed E-state index contributed by atoms with van der Waals surface area (Å²) < 4.78 is 10.2. The highest BCUT2D eigenvalue weighted by atomic mass is 16.6. The molecule has 1 aliphatic rings. The van der Waals surface area contributed by atoms with Crippen LogP contribution in [-0.4, -0.2) is 54.7 Å². The predicted molar refractivity (Wildman–Crippen MR) is 110 cm³/mol. The lowest BCUT2D eigenvalue weighted by molar-refractivity contribution is 0.0860. The van der Waals surface area contributed by atoms with Crippen molar-refractivity contribution in [3.05, 3.63) is 48.2 Å². The van der Waals surface area contributed by atoms with E-state index in [0.717, 1.165) is 11.4 Å². The summed E-state index contributed by atoms with van der Waals surface area (Å²) in [5.74, 6) is 1.15. The van der Waals surface area contributed by atoms with Crippen LogP contribution in [0.2, 0.25) is 0 Å². The maximum Gasteiger partial charge on any atom is 0.409 e. The molecule has 8 nitrogen and oxygen atoms in total. The molecule has 154 valence electrons. The summed E-state index contributed by atoms with van der Waals surface area (Å²) in [5, 5.41) is 6.22. The van der Waals surface area contributed by atoms with E-state index in [1.54, 1.807) is 37.3 Å². The summed E-state index contributed by atoms with van der Waals surface area (Å²) in [6, 6.07) is 10.9. The fourth-order valence-electron chi connectivity index (χ4n) is 3.18. The molecule has 2 N–H and O–H groups in total. The van der Waals surface area contributed by atoms with Gasteiger partial charge in [0, 0.05) is 42.6 Å². The van der Waals surface area contributed by atoms with Gasteiger partial charge in [-0.3, -0.25) is 4.79 Å². The molecule has 0 aliphatic carbocycles. The van der Waals surface area contributed by atoms with Crippen LogP contribution in [-0.2, 0) is 4.74 Å². The number of hydrogen-bond donors (Lipinski definition) is 2. The molecule has 2 amide bonds. The largest absolute Gasteiger partial charge is 0.497 e. The fraction of sp³-hybridized carbons (Fsp3) is 0.381. The number of anilines is 2. The summed E-state index contributed by atoms with van der Waals surface area (Å²) in [7, 11) is 1.61. The number of nitrogens with one attached hydrogen (secondary N) is 2. The molecule has 1 aromatic heterocycles. The number of hydrogen-bond acceptors (Lipinski definition) is 6. The van der Waals surface area contributed by atoms with Gasteiger partial charge in [-0.25, -0.2) is 9.78 Å².